The van der Waals surface area contributed by atoms with Gasteiger partial charge in [0.25, 0.3) is 0 Å². The van der Waals surface area contributed by atoms with Crippen LogP contribution in [0.1, 0.15) is 26.3 Å². The first-order valence-corrected chi connectivity index (χ1v) is 6.75. The van der Waals surface area contributed by atoms with Gasteiger partial charge in [-0.1, -0.05) is 6.07 Å². The first-order valence-electron chi connectivity index (χ1n) is 5.42. The molecule has 0 spiro atoms. The summed E-state index contributed by atoms with van der Waals surface area (Å²) in [4.78, 5) is 12.2. The van der Waals surface area contributed by atoms with E-state index < -0.39 is 7.77 Å². The molecule has 94 valence electrons. The standard InChI is InChI=1S/C13H19O3P/c1-13(2,3)17(14)9-10-11(15-4)7-6-8-12(10)16-5/h6-9H,1-5H3. The van der Waals surface area contributed by atoms with E-state index in [0.29, 0.717) is 11.5 Å². The van der Waals surface area contributed by atoms with Crippen molar-refractivity contribution in [2.24, 2.45) is 0 Å². The third kappa shape index (κ3) is 3.45. The van der Waals surface area contributed by atoms with Crippen molar-refractivity contribution < 1.29 is 14.4 Å². The van der Waals surface area contributed by atoms with Crippen LogP contribution in [-0.4, -0.2) is 25.2 Å². The summed E-state index contributed by atoms with van der Waals surface area (Å²) < 4.78 is 10.5. The van der Waals surface area contributed by atoms with E-state index in [1.807, 2.05) is 39.0 Å². The molecule has 0 aliphatic heterocycles. The Morgan fingerprint density at radius 3 is 1.94 bits per heavy atom. The van der Waals surface area contributed by atoms with E-state index in [2.05, 4.69) is 0 Å². The second-order valence-electron chi connectivity index (χ2n) is 4.70. The molecule has 0 aliphatic rings. The van der Waals surface area contributed by atoms with E-state index in [4.69, 9.17) is 9.47 Å². The second-order valence-corrected chi connectivity index (χ2v) is 6.95. The molecule has 0 radical (unpaired) electrons. The lowest BCUT2D eigenvalue weighted by Crippen LogP contribution is -2.15. The Kier molecular flexibility index (Phi) is 4.55. The summed E-state index contributed by atoms with van der Waals surface area (Å²) in [5.74, 6) is 3.08. The molecule has 1 aromatic rings. The van der Waals surface area contributed by atoms with Gasteiger partial charge in [0.05, 0.1) is 22.0 Å². The maximum Gasteiger partial charge on any atom is 0.133 e. The Morgan fingerprint density at radius 2 is 1.59 bits per heavy atom. The van der Waals surface area contributed by atoms with Crippen molar-refractivity contribution in [2.75, 3.05) is 14.2 Å². The van der Waals surface area contributed by atoms with E-state index in [-0.39, 0.29) is 5.16 Å². The normalized spacial score (nSPS) is 12.5. The van der Waals surface area contributed by atoms with Gasteiger partial charge in [-0.05, 0) is 32.9 Å². The first-order chi connectivity index (χ1) is 7.90. The zero-order valence-electron chi connectivity index (χ0n) is 11.0. The Labute approximate surface area is 104 Å². The molecule has 0 heterocycles. The largest absolute Gasteiger partial charge is 0.630 e. The van der Waals surface area contributed by atoms with Gasteiger partial charge in [0, 0.05) is 0 Å². The Hall–Kier alpha value is -1.05. The molecular formula is C13H19O3P. The van der Waals surface area contributed by atoms with Gasteiger partial charge in [-0.15, -0.1) is 0 Å². The summed E-state index contributed by atoms with van der Waals surface area (Å²) in [6.45, 7) is 5.85. The predicted octanol–water partition coefficient (Wildman–Crippen LogP) is 2.41. The maximum atomic E-state index is 12.2. The van der Waals surface area contributed by atoms with Crippen LogP contribution in [0.5, 0.6) is 11.5 Å². The summed E-state index contributed by atoms with van der Waals surface area (Å²) in [7, 11) is 1.71. The van der Waals surface area contributed by atoms with Crippen LogP contribution in [0.2, 0.25) is 0 Å². The molecule has 1 atom stereocenters. The average molecular weight is 254 g/mol. The zero-order chi connectivity index (χ0) is 13.1. The predicted molar refractivity (Wildman–Crippen MR) is 71.4 cm³/mol. The van der Waals surface area contributed by atoms with Crippen molar-refractivity contribution in [3.8, 4) is 11.5 Å². The van der Waals surface area contributed by atoms with Crippen LogP contribution in [0, 0.1) is 0 Å². The number of hydrogen-bond acceptors (Lipinski definition) is 3. The monoisotopic (exact) mass is 254 g/mol. The van der Waals surface area contributed by atoms with E-state index in [1.54, 1.807) is 20.0 Å². The van der Waals surface area contributed by atoms with Crippen LogP contribution < -0.4 is 14.4 Å². The maximum absolute atomic E-state index is 12.2. The highest BCUT2D eigenvalue weighted by atomic mass is 31.1. The van der Waals surface area contributed by atoms with Gasteiger partial charge in [-0.3, -0.25) is 0 Å². The quantitative estimate of drug-likeness (QED) is 0.778. The lowest BCUT2D eigenvalue weighted by Gasteiger charge is -2.16. The van der Waals surface area contributed by atoms with Crippen molar-refractivity contribution in [2.45, 2.75) is 25.9 Å². The molecule has 0 saturated carbocycles. The number of hydrogen-bond donors (Lipinski definition) is 0. The summed E-state index contributed by atoms with van der Waals surface area (Å²) in [5.41, 5.74) is 0.758. The Balaban J connectivity index is 3.29. The molecule has 0 aromatic heterocycles. The number of benzene rings is 1. The molecule has 0 fully saturated rings. The number of methoxy groups -OCH3 is 2. The van der Waals surface area contributed by atoms with Crippen LogP contribution in [-0.2, 0) is 0 Å². The van der Waals surface area contributed by atoms with Crippen molar-refractivity contribution in [1.82, 2.24) is 0 Å². The molecule has 0 saturated heterocycles. The molecule has 1 rings (SSSR count). The van der Waals surface area contributed by atoms with E-state index in [1.165, 1.54) is 0 Å². The minimum Gasteiger partial charge on any atom is -0.630 e. The van der Waals surface area contributed by atoms with Gasteiger partial charge < -0.3 is 14.4 Å². The number of rotatable bonds is 3. The summed E-state index contributed by atoms with van der Waals surface area (Å²) in [6, 6.07) is 5.51. The van der Waals surface area contributed by atoms with Crippen LogP contribution >= 0.6 is 7.77 Å². The van der Waals surface area contributed by atoms with Gasteiger partial charge in [0.2, 0.25) is 0 Å². The van der Waals surface area contributed by atoms with Crippen molar-refractivity contribution >= 4 is 13.6 Å². The third-order valence-corrected chi connectivity index (χ3v) is 4.19. The topological polar surface area (TPSA) is 41.5 Å². The fourth-order valence-electron chi connectivity index (χ4n) is 1.32. The fraction of sp³-hybridized carbons (Fsp3) is 0.462. The molecular weight excluding hydrogens is 235 g/mol. The van der Waals surface area contributed by atoms with E-state index in [9.17, 15) is 4.89 Å². The minimum atomic E-state index is -1.48. The molecule has 0 bridgehead atoms. The van der Waals surface area contributed by atoms with Crippen LogP contribution in [0.15, 0.2) is 18.2 Å². The summed E-state index contributed by atoms with van der Waals surface area (Å²) in [5, 5.41) is -0.263. The summed E-state index contributed by atoms with van der Waals surface area (Å²) >= 11 is 0. The minimum absolute atomic E-state index is 0.263. The number of ether oxygens (including phenoxy) is 2. The second kappa shape index (κ2) is 5.52. The molecule has 17 heavy (non-hydrogen) atoms. The van der Waals surface area contributed by atoms with Gasteiger partial charge in [0.15, 0.2) is 0 Å². The molecule has 0 N–H and O–H groups in total. The lowest BCUT2D eigenvalue weighted by molar-refractivity contribution is -0.156. The van der Waals surface area contributed by atoms with Gasteiger partial charge in [-0.25, -0.2) is 0 Å². The van der Waals surface area contributed by atoms with Crippen molar-refractivity contribution in [3.05, 3.63) is 23.8 Å². The highest BCUT2D eigenvalue weighted by molar-refractivity contribution is 7.52. The molecule has 4 heteroatoms. The first kappa shape index (κ1) is 14.0. The smallest absolute Gasteiger partial charge is 0.133 e. The lowest BCUT2D eigenvalue weighted by atomic mass is 10.2. The Morgan fingerprint density at radius 1 is 1.12 bits per heavy atom. The Bertz CT molecular complexity index is 397. The van der Waals surface area contributed by atoms with Crippen molar-refractivity contribution in [1.29, 1.82) is 0 Å². The third-order valence-electron chi connectivity index (χ3n) is 2.37. The van der Waals surface area contributed by atoms with Gasteiger partial charge >= 0.3 is 0 Å². The van der Waals surface area contributed by atoms with Crippen LogP contribution in [0.25, 0.3) is 0 Å². The zero-order valence-corrected chi connectivity index (χ0v) is 11.9. The van der Waals surface area contributed by atoms with Gasteiger partial charge in [-0.2, -0.15) is 0 Å². The SMILES string of the molecule is COc1cccc(OC)c1C=[P+]([O-])C(C)(C)C. The van der Waals surface area contributed by atoms with Crippen LogP contribution in [0.3, 0.4) is 0 Å². The highest BCUT2D eigenvalue weighted by Gasteiger charge is 2.21. The van der Waals surface area contributed by atoms with E-state index >= 15 is 0 Å². The summed E-state index contributed by atoms with van der Waals surface area (Å²) in [6.07, 6.45) is 0. The van der Waals surface area contributed by atoms with Crippen LogP contribution in [0.4, 0.5) is 0 Å². The highest BCUT2D eigenvalue weighted by Crippen LogP contribution is 2.35. The molecule has 1 unspecified atom stereocenters. The average Bonchev–Trinajstić information content (AvgIpc) is 2.28. The molecule has 0 aliphatic carbocycles. The molecule has 0 amide bonds. The van der Waals surface area contributed by atoms with Gasteiger partial charge in [0.1, 0.15) is 28.0 Å². The van der Waals surface area contributed by atoms with E-state index in [0.717, 1.165) is 5.56 Å². The molecule has 1 aromatic carbocycles. The molecule has 3 nitrogen and oxygen atoms in total. The van der Waals surface area contributed by atoms with Crippen molar-refractivity contribution in [3.63, 3.8) is 0 Å². The fourth-order valence-corrected chi connectivity index (χ4v) is 2.19.